The summed E-state index contributed by atoms with van der Waals surface area (Å²) in [4.78, 5) is 74.2. The molecule has 20 heteroatoms. The molecule has 30 heavy (non-hydrogen) atoms. The van der Waals surface area contributed by atoms with Crippen LogP contribution in [0, 0.1) is 0 Å². The third kappa shape index (κ3) is 8.76. The summed E-state index contributed by atoms with van der Waals surface area (Å²) in [6, 6.07) is 0. The van der Waals surface area contributed by atoms with Crippen LogP contribution < -0.4 is 5.73 Å². The molecule has 0 rings (SSSR count). The molecule has 0 aliphatic carbocycles. The second kappa shape index (κ2) is 12.6. The summed E-state index contributed by atoms with van der Waals surface area (Å²) in [5.41, 5.74) is 1.94. The Morgan fingerprint density at radius 2 is 1.27 bits per heavy atom. The Labute approximate surface area is 172 Å². The van der Waals surface area contributed by atoms with Gasteiger partial charge in [-0.1, -0.05) is 13.8 Å². The molecule has 0 heterocycles. The molecule has 0 atom stereocenters. The summed E-state index contributed by atoms with van der Waals surface area (Å²) in [5, 5.41) is 4.63. The lowest BCUT2D eigenvalue weighted by Crippen LogP contribution is -2.52. The highest BCUT2D eigenvalue weighted by Crippen LogP contribution is 2.75. The zero-order chi connectivity index (χ0) is 24.6. The van der Waals surface area contributed by atoms with Crippen LogP contribution in [0.25, 0.3) is 0 Å². The number of ether oxygens (including phenoxy) is 1. The number of nitrogens with two attached hydrogens (primary N) is 1. The summed E-state index contributed by atoms with van der Waals surface area (Å²) >= 11 is 0. The van der Waals surface area contributed by atoms with Crippen molar-refractivity contribution in [2.45, 2.75) is 30.8 Å². The van der Waals surface area contributed by atoms with Crippen molar-refractivity contribution in [2.75, 3.05) is 32.9 Å². The van der Waals surface area contributed by atoms with E-state index in [9.17, 15) is 57.4 Å². The van der Waals surface area contributed by atoms with Crippen molar-refractivity contribution in [3.8, 4) is 0 Å². The van der Waals surface area contributed by atoms with E-state index in [1.165, 1.54) is 0 Å². The fourth-order valence-electron chi connectivity index (χ4n) is 2.53. The van der Waals surface area contributed by atoms with Gasteiger partial charge in [0, 0.05) is 6.54 Å². The zero-order valence-electron chi connectivity index (χ0n) is 16.2. The predicted molar refractivity (Wildman–Crippen MR) is 104 cm³/mol. The van der Waals surface area contributed by atoms with Crippen LogP contribution >= 0.6 is 30.4 Å². The van der Waals surface area contributed by atoms with E-state index in [1.54, 1.807) is 0 Å². The number of hydrogen-bond acceptors (Lipinski definition) is 8. The van der Waals surface area contributed by atoms with Gasteiger partial charge in [0.15, 0.2) is 0 Å². The Morgan fingerprint density at radius 1 is 0.867 bits per heavy atom. The van der Waals surface area contributed by atoms with Crippen LogP contribution in [-0.4, -0.2) is 92.6 Å². The largest absolute Gasteiger partial charge is 0.394 e. The van der Waals surface area contributed by atoms with Crippen molar-refractivity contribution in [1.29, 1.82) is 0 Å². The average molecular weight is 526 g/mol. The van der Waals surface area contributed by atoms with Crippen LogP contribution in [0.1, 0.15) is 20.3 Å². The van der Waals surface area contributed by atoms with E-state index in [2.05, 4.69) is 0 Å². The first-order valence-corrected chi connectivity index (χ1v) is 14.7. The third-order valence-corrected chi connectivity index (χ3v) is 11.7. The smallest absolute Gasteiger partial charge is 0.358 e. The Morgan fingerprint density at radius 3 is 1.47 bits per heavy atom. The summed E-state index contributed by atoms with van der Waals surface area (Å²) < 4.78 is 51.1. The maximum atomic E-state index is 11.7. The van der Waals surface area contributed by atoms with Gasteiger partial charge < -0.3 is 54.7 Å². The molecule has 0 aliphatic heterocycles. The van der Waals surface area contributed by atoms with Crippen molar-refractivity contribution < 1.29 is 67.3 Å². The standard InChI is InChI=1S/C6H19NO12P4.C4H11NO2/c1-3-6(22(14,15)16,23(17,18)19)7(4-2)5(20(8,9)10)21(11,12)13;5-1-3-7-4-2-6/h5H,3-4H2,1-2H3,(H2,8,9,10)(H2,11,12,13)(H2,14,15,16)(H2,17,18,19);6H,1-5H2. The van der Waals surface area contributed by atoms with Gasteiger partial charge in [0.1, 0.15) is 0 Å². The minimum absolute atomic E-state index is 0.0833. The normalized spacial score (nSPS) is 14.1. The van der Waals surface area contributed by atoms with Gasteiger partial charge in [0.25, 0.3) is 0 Å². The van der Waals surface area contributed by atoms with E-state index in [-0.39, 0.29) is 11.5 Å². The predicted octanol–water partition coefficient (Wildman–Crippen LogP) is -1.68. The summed E-state index contributed by atoms with van der Waals surface area (Å²) in [5.74, 6) is 0. The van der Waals surface area contributed by atoms with Crippen LogP contribution in [0.2, 0.25) is 0 Å². The Kier molecular flexibility index (Phi) is 13.7. The molecule has 0 unspecified atom stereocenters. The monoisotopic (exact) mass is 526 g/mol. The molecule has 11 N–H and O–H groups in total. The molecule has 184 valence electrons. The van der Waals surface area contributed by atoms with Gasteiger partial charge in [-0.15, -0.1) is 0 Å². The van der Waals surface area contributed by atoms with Crippen LogP contribution in [-0.2, 0) is 23.0 Å². The number of hydrogen-bond donors (Lipinski definition) is 10. The highest BCUT2D eigenvalue weighted by molar-refractivity contribution is 7.73. The molecule has 0 saturated carbocycles. The van der Waals surface area contributed by atoms with Crippen molar-refractivity contribution in [1.82, 2.24) is 4.90 Å². The fourth-order valence-corrected chi connectivity index (χ4v) is 9.27. The fraction of sp³-hybridized carbons (Fsp3) is 1.00. The molecular weight excluding hydrogens is 496 g/mol. The van der Waals surface area contributed by atoms with Crippen LogP contribution in [0.4, 0.5) is 0 Å². The minimum atomic E-state index is -5.82. The minimum Gasteiger partial charge on any atom is -0.394 e. The van der Waals surface area contributed by atoms with E-state index < -0.39 is 53.9 Å². The van der Waals surface area contributed by atoms with Crippen molar-refractivity contribution >= 4 is 30.4 Å². The van der Waals surface area contributed by atoms with E-state index in [0.717, 1.165) is 13.8 Å². The maximum absolute atomic E-state index is 11.7. The summed E-state index contributed by atoms with van der Waals surface area (Å²) in [6.45, 7) is 2.56. The number of aliphatic hydroxyl groups excluding tert-OH is 1. The van der Waals surface area contributed by atoms with Crippen molar-refractivity contribution in [3.63, 3.8) is 0 Å². The second-order valence-corrected chi connectivity index (χ2v) is 13.4. The van der Waals surface area contributed by atoms with E-state index in [0.29, 0.717) is 19.8 Å². The summed E-state index contributed by atoms with van der Waals surface area (Å²) in [7, 11) is -23.1. The molecule has 0 bridgehead atoms. The van der Waals surface area contributed by atoms with Crippen LogP contribution in [0.5, 0.6) is 0 Å². The lowest BCUT2D eigenvalue weighted by molar-refractivity contribution is 0.0976. The molecule has 0 saturated heterocycles. The lowest BCUT2D eigenvalue weighted by Gasteiger charge is -2.45. The van der Waals surface area contributed by atoms with Gasteiger partial charge in [0.05, 0.1) is 19.8 Å². The first kappa shape index (κ1) is 32.6. The van der Waals surface area contributed by atoms with Gasteiger partial charge >= 0.3 is 30.4 Å². The number of aliphatic hydroxyl groups is 1. The number of nitrogens with zero attached hydrogens (tertiary/aromatic N) is 1. The molecule has 0 aromatic heterocycles. The molecule has 0 aromatic rings. The maximum Gasteiger partial charge on any atom is 0.358 e. The number of rotatable bonds is 12. The Hall–Kier alpha value is 0.440. The van der Waals surface area contributed by atoms with E-state index in [4.69, 9.17) is 15.6 Å². The Bertz CT molecular complexity index is 647. The van der Waals surface area contributed by atoms with Gasteiger partial charge in [0.2, 0.25) is 10.5 Å². The quantitative estimate of drug-likeness (QED) is 0.100. The first-order valence-electron chi connectivity index (χ1n) is 8.16. The molecule has 0 amide bonds. The van der Waals surface area contributed by atoms with Gasteiger partial charge in [-0.25, -0.2) is 0 Å². The zero-order valence-corrected chi connectivity index (χ0v) is 19.8. The van der Waals surface area contributed by atoms with Gasteiger partial charge in [-0.2, -0.15) is 0 Å². The van der Waals surface area contributed by atoms with Crippen molar-refractivity contribution in [2.24, 2.45) is 5.73 Å². The lowest BCUT2D eigenvalue weighted by atomic mass is 10.4. The molecule has 0 aliphatic rings. The van der Waals surface area contributed by atoms with Crippen LogP contribution in [0.3, 0.4) is 0 Å². The van der Waals surface area contributed by atoms with E-state index >= 15 is 0 Å². The Balaban J connectivity index is 0. The molecule has 0 aromatic carbocycles. The molecule has 0 spiro atoms. The highest BCUT2D eigenvalue weighted by atomic mass is 31.2. The SMILES string of the molecule is CCN(C(P(=O)(O)O)P(=O)(O)O)C(CC)(P(=O)(O)O)P(=O)(O)O.NCCOCCO. The van der Waals surface area contributed by atoms with Crippen molar-refractivity contribution in [3.05, 3.63) is 0 Å². The first-order chi connectivity index (χ1) is 13.3. The van der Waals surface area contributed by atoms with Gasteiger partial charge in [-0.05, 0) is 13.0 Å². The second-order valence-electron chi connectivity index (χ2n) is 5.65. The topological polar surface area (TPSA) is 289 Å². The van der Waals surface area contributed by atoms with Crippen LogP contribution in [0.15, 0.2) is 0 Å². The van der Waals surface area contributed by atoms with Gasteiger partial charge in [-0.3, -0.25) is 23.2 Å². The summed E-state index contributed by atoms with van der Waals surface area (Å²) in [6.07, 6.45) is -1.04. The third-order valence-electron chi connectivity index (χ3n) is 3.59. The molecular formula is C10H30N2O14P4. The molecule has 16 nitrogen and oxygen atoms in total. The molecule has 0 radical (unpaired) electrons. The highest BCUT2D eigenvalue weighted by Gasteiger charge is 2.68. The molecule has 0 fully saturated rings. The van der Waals surface area contributed by atoms with E-state index in [1.807, 2.05) is 0 Å². The average Bonchev–Trinajstić information content (AvgIpc) is 2.50.